The van der Waals surface area contributed by atoms with Gasteiger partial charge in [-0.2, -0.15) is 0 Å². The van der Waals surface area contributed by atoms with Gasteiger partial charge < -0.3 is 18.9 Å². The molecule has 0 aromatic heterocycles. The van der Waals surface area contributed by atoms with Gasteiger partial charge in [0.25, 0.3) is 0 Å². The van der Waals surface area contributed by atoms with Gasteiger partial charge in [-0.05, 0) is 25.1 Å². The summed E-state index contributed by atoms with van der Waals surface area (Å²) in [6, 6.07) is 5.25. The van der Waals surface area contributed by atoms with Crippen LogP contribution in [0.15, 0.2) is 18.2 Å². The molecule has 0 amide bonds. The minimum Gasteiger partial charge on any atom is -0.454 e. The van der Waals surface area contributed by atoms with Gasteiger partial charge in [0.15, 0.2) is 23.1 Å². The van der Waals surface area contributed by atoms with Crippen molar-refractivity contribution in [1.82, 2.24) is 0 Å². The highest BCUT2D eigenvalue weighted by Gasteiger charge is 2.31. The maximum atomic E-state index is 12.1. The molecular formula is C14H16O5. The number of carbonyl (C=O) groups excluding carboxylic acids is 1. The average Bonchev–Trinajstić information content (AvgIpc) is 3.04. The molecular weight excluding hydrogens is 248 g/mol. The third kappa shape index (κ3) is 2.57. The van der Waals surface area contributed by atoms with Crippen LogP contribution in [-0.2, 0) is 9.47 Å². The lowest BCUT2D eigenvalue weighted by molar-refractivity contribution is -0.145. The first-order valence-corrected chi connectivity index (χ1v) is 6.37. The van der Waals surface area contributed by atoms with Crippen molar-refractivity contribution in [2.45, 2.75) is 25.6 Å². The first-order valence-electron chi connectivity index (χ1n) is 6.37. The minimum absolute atomic E-state index is 0.0543. The fourth-order valence-electron chi connectivity index (χ4n) is 2.26. The molecule has 0 bridgehead atoms. The topological polar surface area (TPSA) is 54.0 Å². The number of carbonyl (C=O) groups is 1. The van der Waals surface area contributed by atoms with Crippen LogP contribution in [0.25, 0.3) is 0 Å². The fraction of sp³-hybridized carbons (Fsp3) is 0.500. The predicted octanol–water partition coefficient (Wildman–Crippen LogP) is 2.14. The van der Waals surface area contributed by atoms with Gasteiger partial charge in [0.05, 0.1) is 13.2 Å². The van der Waals surface area contributed by atoms with Gasteiger partial charge in [-0.25, -0.2) is 0 Å². The van der Waals surface area contributed by atoms with Crippen molar-refractivity contribution in [3.8, 4) is 11.5 Å². The number of rotatable bonds is 4. The summed E-state index contributed by atoms with van der Waals surface area (Å²) >= 11 is 0. The molecule has 1 aromatic carbocycles. The summed E-state index contributed by atoms with van der Waals surface area (Å²) < 4.78 is 21.4. The van der Waals surface area contributed by atoms with E-state index in [9.17, 15) is 4.79 Å². The van der Waals surface area contributed by atoms with E-state index in [1.54, 1.807) is 18.2 Å². The average molecular weight is 264 g/mol. The van der Waals surface area contributed by atoms with Crippen molar-refractivity contribution in [3.05, 3.63) is 23.8 Å². The van der Waals surface area contributed by atoms with Crippen LogP contribution in [0, 0.1) is 0 Å². The molecule has 3 rings (SSSR count). The molecule has 0 spiro atoms. The third-order valence-electron chi connectivity index (χ3n) is 3.40. The Bertz CT molecular complexity index is 491. The number of ketones is 1. The number of benzene rings is 1. The molecule has 5 heteroatoms. The molecule has 19 heavy (non-hydrogen) atoms. The van der Waals surface area contributed by atoms with E-state index >= 15 is 0 Å². The number of hydrogen-bond donors (Lipinski definition) is 0. The highest BCUT2D eigenvalue weighted by Crippen LogP contribution is 2.33. The molecule has 0 radical (unpaired) electrons. The van der Waals surface area contributed by atoms with E-state index in [1.165, 1.54) is 0 Å². The van der Waals surface area contributed by atoms with Gasteiger partial charge in [0, 0.05) is 18.4 Å². The van der Waals surface area contributed by atoms with Gasteiger partial charge in [-0.1, -0.05) is 0 Å². The molecule has 2 aliphatic heterocycles. The van der Waals surface area contributed by atoms with Gasteiger partial charge in [0.1, 0.15) is 0 Å². The lowest BCUT2D eigenvalue weighted by atomic mass is 10.0. The Labute approximate surface area is 111 Å². The summed E-state index contributed by atoms with van der Waals surface area (Å²) in [7, 11) is 0. The molecule has 0 unspecified atom stereocenters. The molecule has 0 saturated carbocycles. The van der Waals surface area contributed by atoms with Crippen molar-refractivity contribution in [2.75, 3.05) is 20.0 Å². The fourth-order valence-corrected chi connectivity index (χ4v) is 2.26. The summed E-state index contributed by atoms with van der Waals surface area (Å²) in [5.74, 6) is 0.751. The summed E-state index contributed by atoms with van der Waals surface area (Å²) in [5, 5.41) is 0. The lowest BCUT2D eigenvalue weighted by Crippen LogP contribution is -2.26. The van der Waals surface area contributed by atoms with Crippen molar-refractivity contribution < 1.29 is 23.7 Å². The standard InChI is InChI=1S/C14H16O5/c1-14(18-6-7-19-14)5-4-11(15)10-2-3-12-13(8-10)17-9-16-12/h2-3,8H,4-7,9H2,1H3. The van der Waals surface area contributed by atoms with E-state index in [2.05, 4.69) is 0 Å². The van der Waals surface area contributed by atoms with Crippen LogP contribution in [0.3, 0.4) is 0 Å². The van der Waals surface area contributed by atoms with Crippen molar-refractivity contribution in [1.29, 1.82) is 0 Å². The van der Waals surface area contributed by atoms with Crippen LogP contribution in [0.2, 0.25) is 0 Å². The quantitative estimate of drug-likeness (QED) is 0.780. The lowest BCUT2D eigenvalue weighted by Gasteiger charge is -2.21. The molecule has 2 aliphatic rings. The second-order valence-electron chi connectivity index (χ2n) is 4.82. The third-order valence-corrected chi connectivity index (χ3v) is 3.40. The molecule has 102 valence electrons. The molecule has 5 nitrogen and oxygen atoms in total. The van der Waals surface area contributed by atoms with E-state index in [-0.39, 0.29) is 12.6 Å². The number of fused-ring (bicyclic) bond motifs is 1. The smallest absolute Gasteiger partial charge is 0.231 e. The second-order valence-corrected chi connectivity index (χ2v) is 4.82. The van der Waals surface area contributed by atoms with Crippen LogP contribution in [0.1, 0.15) is 30.1 Å². The molecule has 1 fully saturated rings. The first-order chi connectivity index (χ1) is 9.16. The number of ether oxygens (including phenoxy) is 4. The molecule has 1 aromatic rings. The number of Topliss-reactive ketones (excluding diaryl/α,β-unsaturated/α-hetero) is 1. The van der Waals surface area contributed by atoms with E-state index in [1.807, 2.05) is 6.92 Å². The molecule has 0 atom stereocenters. The predicted molar refractivity (Wildman–Crippen MR) is 66.4 cm³/mol. The minimum atomic E-state index is -0.619. The Kier molecular flexibility index (Phi) is 3.16. The summed E-state index contributed by atoms with van der Waals surface area (Å²) in [6.45, 7) is 3.27. The maximum absolute atomic E-state index is 12.1. The van der Waals surface area contributed by atoms with E-state index in [0.717, 1.165) is 0 Å². The molecule has 0 N–H and O–H groups in total. The Hall–Kier alpha value is -1.59. The largest absolute Gasteiger partial charge is 0.454 e. The van der Waals surface area contributed by atoms with Crippen molar-refractivity contribution in [2.24, 2.45) is 0 Å². The van der Waals surface area contributed by atoms with E-state index < -0.39 is 5.79 Å². The highest BCUT2D eigenvalue weighted by molar-refractivity contribution is 5.96. The van der Waals surface area contributed by atoms with Crippen molar-refractivity contribution in [3.63, 3.8) is 0 Å². The van der Waals surface area contributed by atoms with Crippen molar-refractivity contribution >= 4 is 5.78 Å². The van der Waals surface area contributed by atoms with Gasteiger partial charge >= 0.3 is 0 Å². The Morgan fingerprint density at radius 2 is 1.95 bits per heavy atom. The van der Waals surface area contributed by atoms with E-state index in [0.29, 0.717) is 43.1 Å². The maximum Gasteiger partial charge on any atom is 0.231 e. The van der Waals surface area contributed by atoms with Gasteiger partial charge in [0.2, 0.25) is 6.79 Å². The van der Waals surface area contributed by atoms with Crippen LogP contribution < -0.4 is 9.47 Å². The SMILES string of the molecule is CC1(CCC(=O)c2ccc3c(c2)OCO3)OCCO1. The van der Waals surface area contributed by atoms with E-state index in [4.69, 9.17) is 18.9 Å². The van der Waals surface area contributed by atoms with Crippen LogP contribution in [0.4, 0.5) is 0 Å². The normalized spacial score (nSPS) is 19.6. The molecule has 2 heterocycles. The summed E-state index contributed by atoms with van der Waals surface area (Å²) in [6.07, 6.45) is 0.941. The summed E-state index contributed by atoms with van der Waals surface area (Å²) in [5.41, 5.74) is 0.630. The van der Waals surface area contributed by atoms with Crippen LogP contribution in [0.5, 0.6) is 11.5 Å². The molecule has 0 aliphatic carbocycles. The van der Waals surface area contributed by atoms with Gasteiger partial charge in [-0.15, -0.1) is 0 Å². The van der Waals surface area contributed by atoms with Gasteiger partial charge in [-0.3, -0.25) is 4.79 Å². The highest BCUT2D eigenvalue weighted by atomic mass is 16.7. The Morgan fingerprint density at radius 1 is 1.21 bits per heavy atom. The Balaban J connectivity index is 1.64. The zero-order valence-corrected chi connectivity index (χ0v) is 10.8. The zero-order chi connectivity index (χ0) is 13.3. The monoisotopic (exact) mass is 264 g/mol. The zero-order valence-electron chi connectivity index (χ0n) is 10.8. The van der Waals surface area contributed by atoms with Crippen LogP contribution in [-0.4, -0.2) is 31.6 Å². The number of hydrogen-bond acceptors (Lipinski definition) is 5. The summed E-state index contributed by atoms with van der Waals surface area (Å²) in [4.78, 5) is 12.1. The Morgan fingerprint density at radius 3 is 2.74 bits per heavy atom. The molecule has 1 saturated heterocycles. The first kappa shape index (κ1) is 12.4. The second kappa shape index (κ2) is 4.83. The van der Waals surface area contributed by atoms with Crippen LogP contribution >= 0.6 is 0 Å².